The lowest BCUT2D eigenvalue weighted by molar-refractivity contribution is 0.0939. The summed E-state index contributed by atoms with van der Waals surface area (Å²) in [5.74, 6) is 0.104. The Kier molecular flexibility index (Phi) is 7.62. The van der Waals surface area contributed by atoms with Crippen molar-refractivity contribution in [1.82, 2.24) is 5.32 Å². The van der Waals surface area contributed by atoms with E-state index in [9.17, 15) is 13.2 Å². The molecule has 0 aliphatic carbocycles. The van der Waals surface area contributed by atoms with Gasteiger partial charge in [0.25, 0.3) is 15.9 Å². The van der Waals surface area contributed by atoms with E-state index >= 15 is 0 Å². The molecule has 0 spiro atoms. The van der Waals surface area contributed by atoms with Crippen molar-refractivity contribution in [2.75, 3.05) is 18.9 Å². The average Bonchev–Trinajstić information content (AvgIpc) is 2.67. The first-order chi connectivity index (χ1) is 13.6. The van der Waals surface area contributed by atoms with Crippen LogP contribution in [-0.4, -0.2) is 34.6 Å². The molecule has 0 fully saturated rings. The third-order valence-electron chi connectivity index (χ3n) is 4.20. The minimum atomic E-state index is -4.06. The maximum atomic E-state index is 12.9. The highest BCUT2D eigenvalue weighted by molar-refractivity contribution is 7.92. The smallest absolute Gasteiger partial charge is 0.262 e. The minimum absolute atomic E-state index is 0.0644. The van der Waals surface area contributed by atoms with Crippen LogP contribution in [0.25, 0.3) is 0 Å². The number of hydrogen-bond acceptors (Lipinski definition) is 5. The second kappa shape index (κ2) is 9.56. The normalized spacial score (nSPS) is 12.2. The molecule has 2 aromatic carbocycles. The monoisotopic (exact) mass is 460 g/mol. The molecular formula is C19H22Cl2N2O5S. The third kappa shape index (κ3) is 5.46. The molecule has 1 amide bonds. The Hall–Kier alpha value is -2.16. The first-order valence-electron chi connectivity index (χ1n) is 8.67. The fourth-order valence-electron chi connectivity index (χ4n) is 2.39. The van der Waals surface area contributed by atoms with E-state index in [4.69, 9.17) is 32.7 Å². The zero-order chi connectivity index (χ0) is 21.8. The van der Waals surface area contributed by atoms with Gasteiger partial charge in [0.1, 0.15) is 11.5 Å². The van der Waals surface area contributed by atoms with Crippen LogP contribution in [0.4, 0.5) is 5.69 Å². The van der Waals surface area contributed by atoms with Gasteiger partial charge in [-0.15, -0.1) is 0 Å². The Morgan fingerprint density at radius 1 is 1.07 bits per heavy atom. The fourth-order valence-corrected chi connectivity index (χ4v) is 3.92. The van der Waals surface area contributed by atoms with Crippen molar-refractivity contribution in [3.05, 3.63) is 45.9 Å². The number of ether oxygens (including phenoxy) is 2. The van der Waals surface area contributed by atoms with E-state index in [0.717, 1.165) is 6.42 Å². The second-order valence-electron chi connectivity index (χ2n) is 6.22. The van der Waals surface area contributed by atoms with E-state index in [1.807, 2.05) is 13.8 Å². The predicted molar refractivity (Wildman–Crippen MR) is 114 cm³/mol. The zero-order valence-electron chi connectivity index (χ0n) is 16.4. The van der Waals surface area contributed by atoms with Crippen LogP contribution in [0.1, 0.15) is 30.6 Å². The Morgan fingerprint density at radius 2 is 1.72 bits per heavy atom. The molecule has 0 aliphatic rings. The number of carbonyl (C=O) groups excluding carboxylic acids is 1. The topological polar surface area (TPSA) is 93.7 Å². The van der Waals surface area contributed by atoms with Gasteiger partial charge in [0.15, 0.2) is 0 Å². The second-order valence-corrected chi connectivity index (χ2v) is 8.71. The van der Waals surface area contributed by atoms with Crippen LogP contribution < -0.4 is 19.5 Å². The standard InChI is InChI=1S/C19H22Cl2N2O5S/c1-5-11(2)22-19(24)13-8-12(6-7-14(13)20)29(25,26)23-16-9-15(21)17(27-3)10-18(16)28-4/h6-11,23H,5H2,1-4H3,(H,22,24). The van der Waals surface area contributed by atoms with Crippen molar-refractivity contribution >= 4 is 44.8 Å². The van der Waals surface area contributed by atoms with Crippen LogP contribution in [-0.2, 0) is 10.0 Å². The maximum Gasteiger partial charge on any atom is 0.262 e. The molecule has 2 N–H and O–H groups in total. The number of amides is 1. The molecule has 29 heavy (non-hydrogen) atoms. The Morgan fingerprint density at radius 3 is 2.31 bits per heavy atom. The lowest BCUT2D eigenvalue weighted by Crippen LogP contribution is -2.32. The van der Waals surface area contributed by atoms with E-state index < -0.39 is 15.9 Å². The van der Waals surface area contributed by atoms with E-state index in [1.54, 1.807) is 0 Å². The van der Waals surface area contributed by atoms with Gasteiger partial charge in [-0.1, -0.05) is 30.1 Å². The molecule has 1 unspecified atom stereocenters. The van der Waals surface area contributed by atoms with Crippen LogP contribution in [0.15, 0.2) is 35.2 Å². The first-order valence-corrected chi connectivity index (χ1v) is 10.9. The van der Waals surface area contributed by atoms with Crippen molar-refractivity contribution < 1.29 is 22.7 Å². The molecule has 0 heterocycles. The highest BCUT2D eigenvalue weighted by atomic mass is 35.5. The first kappa shape index (κ1) is 23.1. The quantitative estimate of drug-likeness (QED) is 0.610. The van der Waals surface area contributed by atoms with Crippen LogP contribution in [0.2, 0.25) is 10.0 Å². The summed E-state index contributed by atoms with van der Waals surface area (Å²) < 4.78 is 38.5. The van der Waals surface area contributed by atoms with Crippen molar-refractivity contribution in [3.63, 3.8) is 0 Å². The Labute approximate surface area is 180 Å². The van der Waals surface area contributed by atoms with Gasteiger partial charge in [0.05, 0.1) is 40.4 Å². The molecule has 0 saturated heterocycles. The van der Waals surface area contributed by atoms with Crippen molar-refractivity contribution in [2.24, 2.45) is 0 Å². The average molecular weight is 461 g/mol. The van der Waals surface area contributed by atoms with E-state index in [0.29, 0.717) is 5.75 Å². The van der Waals surface area contributed by atoms with Gasteiger partial charge in [-0.25, -0.2) is 8.42 Å². The predicted octanol–water partition coefficient (Wildman–Crippen LogP) is 4.34. The number of sulfonamides is 1. The number of benzene rings is 2. The molecule has 2 aromatic rings. The van der Waals surface area contributed by atoms with E-state index in [-0.39, 0.29) is 38.0 Å². The number of hydrogen-bond donors (Lipinski definition) is 2. The summed E-state index contributed by atoms with van der Waals surface area (Å²) in [6.07, 6.45) is 0.723. The van der Waals surface area contributed by atoms with Gasteiger partial charge in [-0.2, -0.15) is 0 Å². The number of methoxy groups -OCH3 is 2. The molecule has 7 nitrogen and oxygen atoms in total. The Bertz CT molecular complexity index is 1010. The van der Waals surface area contributed by atoms with Crippen molar-refractivity contribution in [1.29, 1.82) is 0 Å². The van der Waals surface area contributed by atoms with Crippen molar-refractivity contribution in [3.8, 4) is 11.5 Å². The SMILES string of the molecule is CCC(C)NC(=O)c1cc(S(=O)(=O)Nc2cc(Cl)c(OC)cc2OC)ccc1Cl. The van der Waals surface area contributed by atoms with Gasteiger partial charge in [0, 0.05) is 12.1 Å². The molecule has 2 rings (SSSR count). The van der Waals surface area contributed by atoms with E-state index in [1.165, 1.54) is 44.6 Å². The van der Waals surface area contributed by atoms with Crippen LogP contribution in [0.3, 0.4) is 0 Å². The molecule has 0 bridgehead atoms. The van der Waals surface area contributed by atoms with Crippen LogP contribution >= 0.6 is 23.2 Å². The highest BCUT2D eigenvalue weighted by Crippen LogP contribution is 2.37. The van der Waals surface area contributed by atoms with Crippen molar-refractivity contribution in [2.45, 2.75) is 31.2 Å². The summed E-state index contributed by atoms with van der Waals surface area (Å²) in [5.41, 5.74) is 0.188. The van der Waals surface area contributed by atoms with Crippen LogP contribution in [0, 0.1) is 0 Å². The maximum absolute atomic E-state index is 12.9. The minimum Gasteiger partial charge on any atom is -0.495 e. The number of nitrogens with one attached hydrogen (secondary N) is 2. The van der Waals surface area contributed by atoms with Gasteiger partial charge >= 0.3 is 0 Å². The summed E-state index contributed by atoms with van der Waals surface area (Å²) in [6, 6.07) is 6.65. The highest BCUT2D eigenvalue weighted by Gasteiger charge is 2.22. The summed E-state index contributed by atoms with van der Waals surface area (Å²) in [7, 11) is -1.23. The third-order valence-corrected chi connectivity index (χ3v) is 6.19. The summed E-state index contributed by atoms with van der Waals surface area (Å²) in [4.78, 5) is 12.3. The number of halogens is 2. The van der Waals surface area contributed by atoms with Crippen LogP contribution in [0.5, 0.6) is 11.5 Å². The van der Waals surface area contributed by atoms with Gasteiger partial charge < -0.3 is 14.8 Å². The zero-order valence-corrected chi connectivity index (χ0v) is 18.7. The number of anilines is 1. The number of rotatable bonds is 8. The lowest BCUT2D eigenvalue weighted by atomic mass is 10.2. The molecule has 0 aromatic heterocycles. The molecular weight excluding hydrogens is 439 g/mol. The van der Waals surface area contributed by atoms with E-state index in [2.05, 4.69) is 10.0 Å². The molecule has 0 saturated carbocycles. The number of carbonyl (C=O) groups is 1. The Balaban J connectivity index is 2.41. The molecule has 0 radical (unpaired) electrons. The molecule has 158 valence electrons. The summed E-state index contributed by atoms with van der Waals surface area (Å²) >= 11 is 12.2. The lowest BCUT2D eigenvalue weighted by Gasteiger charge is -2.15. The fraction of sp³-hybridized carbons (Fsp3) is 0.316. The summed E-state index contributed by atoms with van der Waals surface area (Å²) in [5, 5.41) is 3.12. The van der Waals surface area contributed by atoms with Gasteiger partial charge in [-0.3, -0.25) is 9.52 Å². The van der Waals surface area contributed by atoms with Gasteiger partial charge in [-0.05, 0) is 37.6 Å². The summed E-state index contributed by atoms with van der Waals surface area (Å²) in [6.45, 7) is 3.76. The largest absolute Gasteiger partial charge is 0.495 e. The molecule has 10 heteroatoms. The molecule has 1 atom stereocenters. The molecule has 0 aliphatic heterocycles. The van der Waals surface area contributed by atoms with Gasteiger partial charge in [0.2, 0.25) is 0 Å².